The molecule has 0 fully saturated rings. The number of nitrogens with one attached hydrogen (secondary N) is 2. The van der Waals surface area contributed by atoms with Gasteiger partial charge in [-0.15, -0.1) is 0 Å². The van der Waals surface area contributed by atoms with Gasteiger partial charge in [0.15, 0.2) is 5.17 Å². The number of hydrogen-bond donors (Lipinski definition) is 2. The van der Waals surface area contributed by atoms with E-state index in [0.29, 0.717) is 49.2 Å². The number of amidine groups is 2. The van der Waals surface area contributed by atoms with Crippen LogP contribution in [0.2, 0.25) is 0 Å². The quantitative estimate of drug-likeness (QED) is 0.404. The lowest BCUT2D eigenvalue weighted by Gasteiger charge is -2.27. The monoisotopic (exact) mass is 501 g/mol. The van der Waals surface area contributed by atoms with Gasteiger partial charge < -0.3 is 15.4 Å². The molecule has 1 aromatic rings. The molecule has 0 spiro atoms. The van der Waals surface area contributed by atoms with E-state index in [1.165, 1.54) is 16.7 Å². The van der Waals surface area contributed by atoms with E-state index in [2.05, 4.69) is 17.6 Å². The summed E-state index contributed by atoms with van der Waals surface area (Å²) in [6, 6.07) is 6.88. The van der Waals surface area contributed by atoms with Crippen molar-refractivity contribution < 1.29 is 19.1 Å². The topological polar surface area (TPSA) is 112 Å². The number of amides is 3. The lowest BCUT2D eigenvalue weighted by atomic mass is 10.1. The zero-order valence-corrected chi connectivity index (χ0v) is 21.5. The minimum absolute atomic E-state index is 0.0730. The van der Waals surface area contributed by atoms with Crippen LogP contribution in [0.15, 0.2) is 34.3 Å². The normalized spacial score (nSPS) is 17.3. The number of nitrogens with zero attached hydrogens (tertiary/aromatic N) is 3. The van der Waals surface area contributed by atoms with Gasteiger partial charge in [-0.2, -0.15) is 0 Å². The molecule has 2 atom stereocenters. The Balaban J connectivity index is 1.74. The fraction of sp³-hybridized carbons (Fsp3) is 0.560. The van der Waals surface area contributed by atoms with Crippen molar-refractivity contribution in [1.29, 1.82) is 0 Å². The fourth-order valence-corrected chi connectivity index (χ4v) is 4.87. The van der Waals surface area contributed by atoms with E-state index >= 15 is 0 Å². The van der Waals surface area contributed by atoms with Crippen LogP contribution in [0.3, 0.4) is 0 Å². The molecule has 35 heavy (non-hydrogen) atoms. The number of aliphatic imine (C=N–C) groups is 2. The van der Waals surface area contributed by atoms with Gasteiger partial charge in [0.1, 0.15) is 11.9 Å². The Morgan fingerprint density at radius 1 is 1.17 bits per heavy atom. The van der Waals surface area contributed by atoms with Gasteiger partial charge in [-0.3, -0.25) is 19.4 Å². The number of unbranched alkanes of at least 4 members (excludes halogenated alkanes) is 1. The van der Waals surface area contributed by atoms with Gasteiger partial charge >= 0.3 is 0 Å². The number of carbonyl (C=O) groups excluding carboxylic acids is 3. The molecule has 9 nitrogen and oxygen atoms in total. The molecule has 0 saturated carbocycles. The molecule has 3 rings (SSSR count). The minimum atomic E-state index is -0.651. The molecule has 0 saturated heterocycles. The Labute approximate surface area is 211 Å². The third-order valence-corrected chi connectivity index (χ3v) is 7.10. The molecular formula is C25H35N5O4S. The number of thioether (sulfide) groups is 1. The van der Waals surface area contributed by atoms with E-state index in [1.807, 2.05) is 31.2 Å². The van der Waals surface area contributed by atoms with Crippen LogP contribution in [-0.2, 0) is 19.1 Å². The zero-order valence-electron chi connectivity index (χ0n) is 20.7. The predicted octanol–water partition coefficient (Wildman–Crippen LogP) is 3.01. The summed E-state index contributed by atoms with van der Waals surface area (Å²) in [6.45, 7) is 5.75. The number of fused-ring (bicyclic) bond motifs is 3. The van der Waals surface area contributed by atoms with Gasteiger partial charge in [-0.05, 0) is 37.8 Å². The van der Waals surface area contributed by atoms with E-state index in [1.54, 1.807) is 7.11 Å². The van der Waals surface area contributed by atoms with Crippen molar-refractivity contribution in [2.45, 2.75) is 63.7 Å². The van der Waals surface area contributed by atoms with Crippen LogP contribution in [0, 0.1) is 0 Å². The highest BCUT2D eigenvalue weighted by atomic mass is 32.2. The number of methoxy groups -OCH3 is 1. The van der Waals surface area contributed by atoms with Crippen LogP contribution in [0.4, 0.5) is 5.69 Å². The van der Waals surface area contributed by atoms with Gasteiger partial charge in [0.25, 0.3) is 5.91 Å². The van der Waals surface area contributed by atoms with Crippen LogP contribution in [-0.4, -0.2) is 71.7 Å². The SMILES string of the molecule is CCCCNC(=O)CC[C@@H]1N=C2c3ccccc3N=C(S[C@H](CC)C(=O)NCCCOC)N2C1=O. The van der Waals surface area contributed by atoms with E-state index in [9.17, 15) is 14.4 Å². The molecule has 1 aromatic carbocycles. The Morgan fingerprint density at radius 2 is 1.94 bits per heavy atom. The van der Waals surface area contributed by atoms with Crippen LogP contribution in [0.25, 0.3) is 0 Å². The largest absolute Gasteiger partial charge is 0.385 e. The van der Waals surface area contributed by atoms with Crippen LogP contribution < -0.4 is 10.6 Å². The van der Waals surface area contributed by atoms with Gasteiger partial charge in [0.2, 0.25) is 11.8 Å². The molecule has 0 aromatic heterocycles. The van der Waals surface area contributed by atoms with Gasteiger partial charge in [-0.25, -0.2) is 9.89 Å². The van der Waals surface area contributed by atoms with Crippen molar-refractivity contribution in [2.75, 3.05) is 26.8 Å². The number of para-hydroxylation sites is 1. The molecule has 0 bridgehead atoms. The van der Waals surface area contributed by atoms with Gasteiger partial charge in [-0.1, -0.05) is 44.2 Å². The maximum Gasteiger partial charge on any atom is 0.259 e. The number of ether oxygens (including phenoxy) is 1. The van der Waals surface area contributed by atoms with E-state index in [0.717, 1.165) is 24.8 Å². The molecule has 0 unspecified atom stereocenters. The first-order valence-corrected chi connectivity index (χ1v) is 13.2. The van der Waals surface area contributed by atoms with Gasteiger partial charge in [0, 0.05) is 38.8 Å². The Bertz CT molecular complexity index is 980. The number of hydrogen-bond acceptors (Lipinski definition) is 7. The van der Waals surface area contributed by atoms with E-state index < -0.39 is 11.3 Å². The summed E-state index contributed by atoms with van der Waals surface area (Å²) in [5, 5.41) is 5.87. The minimum Gasteiger partial charge on any atom is -0.385 e. The molecule has 2 aliphatic rings. The van der Waals surface area contributed by atoms with Gasteiger partial charge in [0.05, 0.1) is 10.9 Å². The number of benzene rings is 1. The molecular weight excluding hydrogens is 466 g/mol. The lowest BCUT2D eigenvalue weighted by Crippen LogP contribution is -2.43. The summed E-state index contributed by atoms with van der Waals surface area (Å²) < 4.78 is 5.04. The molecule has 190 valence electrons. The highest BCUT2D eigenvalue weighted by Crippen LogP contribution is 2.35. The summed E-state index contributed by atoms with van der Waals surface area (Å²) in [5.74, 6) is 0.157. The summed E-state index contributed by atoms with van der Waals surface area (Å²) in [5.41, 5.74) is 1.49. The first-order valence-electron chi connectivity index (χ1n) is 12.3. The smallest absolute Gasteiger partial charge is 0.259 e. The molecule has 0 radical (unpaired) electrons. The standard InChI is InChI=1S/C25H35N5O4S/c1-4-6-14-26-21(31)13-12-19-24(33)30-22(28-19)17-10-7-8-11-18(17)29-25(30)35-20(5-2)23(32)27-15-9-16-34-3/h7-8,10-11,19-20H,4-6,9,12-16H2,1-3H3,(H,26,31)(H,27,32)/t19-,20+/m0/s1. The summed E-state index contributed by atoms with van der Waals surface area (Å²) in [6.07, 6.45) is 3.80. The molecule has 0 aliphatic carbocycles. The molecule has 3 amide bonds. The highest BCUT2D eigenvalue weighted by Gasteiger charge is 2.42. The predicted molar refractivity (Wildman–Crippen MR) is 139 cm³/mol. The third kappa shape index (κ3) is 6.91. The third-order valence-electron chi connectivity index (χ3n) is 5.78. The second-order valence-corrected chi connectivity index (χ2v) is 9.62. The number of rotatable bonds is 13. The van der Waals surface area contributed by atoms with Crippen LogP contribution in [0.1, 0.15) is 57.9 Å². The molecule has 2 N–H and O–H groups in total. The maximum absolute atomic E-state index is 13.4. The van der Waals surface area contributed by atoms with Crippen molar-refractivity contribution in [2.24, 2.45) is 9.98 Å². The van der Waals surface area contributed by atoms with E-state index in [-0.39, 0.29) is 24.1 Å². The summed E-state index contributed by atoms with van der Waals surface area (Å²) in [4.78, 5) is 49.3. The first kappa shape index (κ1) is 26.9. The Kier molecular flexibility index (Phi) is 10.3. The van der Waals surface area contributed by atoms with E-state index in [4.69, 9.17) is 14.7 Å². The average Bonchev–Trinajstić information content (AvgIpc) is 3.20. The second kappa shape index (κ2) is 13.4. The Morgan fingerprint density at radius 3 is 2.69 bits per heavy atom. The number of carbonyl (C=O) groups is 3. The van der Waals surface area contributed by atoms with Crippen molar-refractivity contribution in [3.8, 4) is 0 Å². The summed E-state index contributed by atoms with van der Waals surface area (Å²) >= 11 is 1.27. The zero-order chi connectivity index (χ0) is 25.2. The van der Waals surface area contributed by atoms with Crippen molar-refractivity contribution >= 4 is 46.2 Å². The fourth-order valence-electron chi connectivity index (χ4n) is 3.82. The molecule has 10 heteroatoms. The Hall–Kier alpha value is -2.72. The van der Waals surface area contributed by atoms with Crippen molar-refractivity contribution in [3.05, 3.63) is 29.8 Å². The molecule has 2 aliphatic heterocycles. The first-order chi connectivity index (χ1) is 17.0. The van der Waals surface area contributed by atoms with Crippen LogP contribution in [0.5, 0.6) is 0 Å². The molecule has 2 heterocycles. The summed E-state index contributed by atoms with van der Waals surface area (Å²) in [7, 11) is 1.63. The average molecular weight is 502 g/mol. The van der Waals surface area contributed by atoms with Crippen molar-refractivity contribution in [1.82, 2.24) is 15.5 Å². The van der Waals surface area contributed by atoms with Crippen LogP contribution >= 0.6 is 11.8 Å². The maximum atomic E-state index is 13.4. The van der Waals surface area contributed by atoms with Crippen molar-refractivity contribution in [3.63, 3.8) is 0 Å². The highest BCUT2D eigenvalue weighted by molar-refractivity contribution is 8.15. The lowest BCUT2D eigenvalue weighted by molar-refractivity contribution is -0.125. The second-order valence-electron chi connectivity index (χ2n) is 8.45.